The van der Waals surface area contributed by atoms with Crippen molar-refractivity contribution in [1.29, 1.82) is 0 Å². The zero-order chi connectivity index (χ0) is 11.4. The Labute approximate surface area is 93.4 Å². The average Bonchev–Trinajstić information content (AvgIpc) is 2.31. The average molecular weight is 217 g/mol. The van der Waals surface area contributed by atoms with E-state index in [1.165, 1.54) is 12.1 Å². The molecule has 1 N–H and O–H groups in total. The predicted molar refractivity (Wildman–Crippen MR) is 60.5 cm³/mol. The molecular formula is C12H12FN3. The Kier molecular flexibility index (Phi) is 3.10. The van der Waals surface area contributed by atoms with Gasteiger partial charge in [0.1, 0.15) is 5.82 Å². The summed E-state index contributed by atoms with van der Waals surface area (Å²) in [6, 6.07) is 8.18. The molecule has 0 bridgehead atoms. The lowest BCUT2D eigenvalue weighted by Gasteiger charge is -2.13. The van der Waals surface area contributed by atoms with Gasteiger partial charge in [0.05, 0.1) is 6.04 Å². The van der Waals surface area contributed by atoms with Crippen molar-refractivity contribution in [1.82, 2.24) is 9.97 Å². The van der Waals surface area contributed by atoms with Gasteiger partial charge >= 0.3 is 0 Å². The van der Waals surface area contributed by atoms with Crippen molar-refractivity contribution in [3.05, 3.63) is 54.1 Å². The Morgan fingerprint density at radius 3 is 2.38 bits per heavy atom. The van der Waals surface area contributed by atoms with Crippen molar-refractivity contribution in [2.75, 3.05) is 5.32 Å². The van der Waals surface area contributed by atoms with Crippen LogP contribution in [0.2, 0.25) is 0 Å². The van der Waals surface area contributed by atoms with Crippen LogP contribution in [0.1, 0.15) is 18.5 Å². The second-order valence-corrected chi connectivity index (χ2v) is 3.49. The minimum absolute atomic E-state index is 0.0444. The summed E-state index contributed by atoms with van der Waals surface area (Å²) in [5, 5.41) is 3.13. The summed E-state index contributed by atoms with van der Waals surface area (Å²) in [5.74, 6) is 0.339. The molecule has 3 nitrogen and oxygen atoms in total. The fourth-order valence-electron chi connectivity index (χ4n) is 1.40. The highest BCUT2D eigenvalue weighted by Gasteiger charge is 2.05. The topological polar surface area (TPSA) is 37.8 Å². The first kappa shape index (κ1) is 10.5. The first-order valence-electron chi connectivity index (χ1n) is 5.05. The number of hydrogen-bond donors (Lipinski definition) is 1. The summed E-state index contributed by atoms with van der Waals surface area (Å²) in [7, 11) is 0. The molecule has 16 heavy (non-hydrogen) atoms. The molecule has 0 aliphatic rings. The van der Waals surface area contributed by atoms with Crippen molar-refractivity contribution in [2.24, 2.45) is 0 Å². The number of hydrogen-bond acceptors (Lipinski definition) is 3. The van der Waals surface area contributed by atoms with Crippen LogP contribution < -0.4 is 5.32 Å². The quantitative estimate of drug-likeness (QED) is 0.859. The second kappa shape index (κ2) is 4.70. The molecule has 0 amide bonds. The lowest BCUT2D eigenvalue weighted by atomic mass is 10.1. The van der Waals surface area contributed by atoms with Crippen LogP contribution >= 0.6 is 0 Å². The van der Waals surface area contributed by atoms with Gasteiger partial charge < -0.3 is 5.32 Å². The van der Waals surface area contributed by atoms with Gasteiger partial charge in [0.15, 0.2) is 0 Å². The highest BCUT2D eigenvalue weighted by molar-refractivity contribution is 5.30. The summed E-state index contributed by atoms with van der Waals surface area (Å²) >= 11 is 0. The van der Waals surface area contributed by atoms with E-state index in [0.29, 0.717) is 5.95 Å². The van der Waals surface area contributed by atoms with Crippen LogP contribution in [0.3, 0.4) is 0 Å². The van der Waals surface area contributed by atoms with E-state index in [4.69, 9.17) is 0 Å². The number of benzene rings is 1. The zero-order valence-electron chi connectivity index (χ0n) is 8.89. The number of nitrogens with zero attached hydrogens (tertiary/aromatic N) is 2. The maximum absolute atomic E-state index is 12.7. The maximum Gasteiger partial charge on any atom is 0.223 e. The van der Waals surface area contributed by atoms with Gasteiger partial charge in [-0.2, -0.15) is 0 Å². The van der Waals surface area contributed by atoms with Crippen LogP contribution in [0, 0.1) is 5.82 Å². The second-order valence-electron chi connectivity index (χ2n) is 3.49. The Bertz CT molecular complexity index is 442. The predicted octanol–water partition coefficient (Wildman–Crippen LogP) is 2.79. The van der Waals surface area contributed by atoms with Gasteiger partial charge in [-0.05, 0) is 30.7 Å². The summed E-state index contributed by atoms with van der Waals surface area (Å²) < 4.78 is 12.7. The molecule has 2 aromatic rings. The van der Waals surface area contributed by atoms with Crippen molar-refractivity contribution < 1.29 is 4.39 Å². The van der Waals surface area contributed by atoms with E-state index in [2.05, 4.69) is 15.3 Å². The van der Waals surface area contributed by atoms with Crippen molar-refractivity contribution in [2.45, 2.75) is 13.0 Å². The molecule has 0 aliphatic heterocycles. The SMILES string of the molecule is CC(Nc1ncccn1)c1ccc(F)cc1. The number of aromatic nitrogens is 2. The Morgan fingerprint density at radius 2 is 1.75 bits per heavy atom. The smallest absolute Gasteiger partial charge is 0.223 e. The highest BCUT2D eigenvalue weighted by atomic mass is 19.1. The molecule has 1 aromatic heterocycles. The van der Waals surface area contributed by atoms with E-state index in [9.17, 15) is 4.39 Å². The molecule has 82 valence electrons. The molecule has 0 saturated carbocycles. The fourth-order valence-corrected chi connectivity index (χ4v) is 1.40. The third-order valence-electron chi connectivity index (χ3n) is 2.28. The molecule has 0 aliphatic carbocycles. The number of anilines is 1. The van der Waals surface area contributed by atoms with Gasteiger partial charge in [-0.25, -0.2) is 14.4 Å². The van der Waals surface area contributed by atoms with Crippen LogP contribution in [0.25, 0.3) is 0 Å². The number of halogens is 1. The van der Waals surface area contributed by atoms with E-state index in [1.807, 2.05) is 6.92 Å². The molecule has 0 saturated heterocycles. The molecule has 0 radical (unpaired) electrons. The molecule has 4 heteroatoms. The highest BCUT2D eigenvalue weighted by Crippen LogP contribution is 2.16. The molecule has 1 atom stereocenters. The van der Waals surface area contributed by atoms with Gasteiger partial charge in [0.2, 0.25) is 5.95 Å². The third-order valence-corrected chi connectivity index (χ3v) is 2.28. The van der Waals surface area contributed by atoms with E-state index < -0.39 is 0 Å². The standard InChI is InChI=1S/C12H12FN3/c1-9(10-3-5-11(13)6-4-10)16-12-14-7-2-8-15-12/h2-9H,1H3,(H,14,15,16). The largest absolute Gasteiger partial charge is 0.348 e. The molecular weight excluding hydrogens is 205 g/mol. The number of nitrogens with one attached hydrogen (secondary N) is 1. The van der Waals surface area contributed by atoms with Gasteiger partial charge in [-0.1, -0.05) is 12.1 Å². The summed E-state index contributed by atoms with van der Waals surface area (Å²) in [5.41, 5.74) is 0.994. The minimum atomic E-state index is -0.230. The van der Waals surface area contributed by atoms with Crippen LogP contribution in [0.15, 0.2) is 42.7 Å². The Hall–Kier alpha value is -1.97. The van der Waals surface area contributed by atoms with Gasteiger partial charge in [0.25, 0.3) is 0 Å². The molecule has 1 aromatic carbocycles. The van der Waals surface area contributed by atoms with Crippen LogP contribution in [0.5, 0.6) is 0 Å². The maximum atomic E-state index is 12.7. The van der Waals surface area contributed by atoms with Gasteiger partial charge in [-0.15, -0.1) is 0 Å². The summed E-state index contributed by atoms with van der Waals surface area (Å²) in [6.07, 6.45) is 3.35. The van der Waals surface area contributed by atoms with Crippen LogP contribution in [0.4, 0.5) is 10.3 Å². The van der Waals surface area contributed by atoms with Crippen molar-refractivity contribution in [3.63, 3.8) is 0 Å². The van der Waals surface area contributed by atoms with E-state index in [-0.39, 0.29) is 11.9 Å². The molecule has 1 heterocycles. The summed E-state index contributed by atoms with van der Waals surface area (Å²) in [6.45, 7) is 1.98. The molecule has 0 spiro atoms. The third kappa shape index (κ3) is 2.53. The lowest BCUT2D eigenvalue weighted by Crippen LogP contribution is -2.08. The van der Waals surface area contributed by atoms with E-state index >= 15 is 0 Å². The Morgan fingerprint density at radius 1 is 1.12 bits per heavy atom. The zero-order valence-corrected chi connectivity index (χ0v) is 8.89. The van der Waals surface area contributed by atoms with Crippen LogP contribution in [-0.2, 0) is 0 Å². The molecule has 1 unspecified atom stereocenters. The Balaban J connectivity index is 2.09. The fraction of sp³-hybridized carbons (Fsp3) is 0.167. The van der Waals surface area contributed by atoms with Crippen molar-refractivity contribution >= 4 is 5.95 Å². The number of rotatable bonds is 3. The summed E-state index contributed by atoms with van der Waals surface area (Å²) in [4.78, 5) is 8.13. The van der Waals surface area contributed by atoms with E-state index in [1.54, 1.807) is 30.6 Å². The first-order valence-corrected chi connectivity index (χ1v) is 5.05. The first-order chi connectivity index (χ1) is 7.75. The van der Waals surface area contributed by atoms with Gasteiger partial charge in [0, 0.05) is 12.4 Å². The normalized spacial score (nSPS) is 12.1. The van der Waals surface area contributed by atoms with Gasteiger partial charge in [-0.3, -0.25) is 0 Å². The molecule has 2 rings (SSSR count). The minimum Gasteiger partial charge on any atom is -0.348 e. The van der Waals surface area contributed by atoms with Crippen molar-refractivity contribution in [3.8, 4) is 0 Å². The monoisotopic (exact) mass is 217 g/mol. The lowest BCUT2D eigenvalue weighted by molar-refractivity contribution is 0.626. The molecule has 0 fully saturated rings. The van der Waals surface area contributed by atoms with Crippen LogP contribution in [-0.4, -0.2) is 9.97 Å². The van der Waals surface area contributed by atoms with E-state index in [0.717, 1.165) is 5.56 Å².